The van der Waals surface area contributed by atoms with Gasteiger partial charge in [0.2, 0.25) is 47.3 Å². The molecule has 24 nitrogen and oxygen atoms in total. The lowest BCUT2D eigenvalue weighted by molar-refractivity contribution is -0.143. The van der Waals surface area contributed by atoms with Gasteiger partial charge in [-0.1, -0.05) is 0 Å². The summed E-state index contributed by atoms with van der Waals surface area (Å²) in [5.74, 6) is -12.7. The number of aliphatic hydroxyl groups excluding tert-OH is 1. The van der Waals surface area contributed by atoms with Crippen LogP contribution in [-0.4, -0.2) is 163 Å². The Balaban J connectivity index is 3.12. The number of nitrogens with one attached hydrogen (secondary N) is 6. The van der Waals surface area contributed by atoms with E-state index in [9.17, 15) is 68.1 Å². The SMILES string of the molecule is C[C@@H](O)[C@H](NC(=O)[C@H](CCC(=O)O)NC(=O)[C@@H]1CCCN1C(=O)[C@H](CC(N)=O)NC(=O)[C@@H](N)CS)C(=O)NCC(=O)N[C@@H](CCC(=O)O)C(=O)N[C@@H](CS)C(=O)O. The van der Waals surface area contributed by atoms with Gasteiger partial charge in [-0.15, -0.1) is 0 Å². The summed E-state index contributed by atoms with van der Waals surface area (Å²) in [6.45, 7) is 0.161. The van der Waals surface area contributed by atoms with Crippen LogP contribution in [0.15, 0.2) is 0 Å². The maximum absolute atomic E-state index is 13.5. The van der Waals surface area contributed by atoms with Gasteiger partial charge in [-0.2, -0.15) is 25.3 Å². The van der Waals surface area contributed by atoms with E-state index in [-0.39, 0.29) is 30.9 Å². The maximum Gasteiger partial charge on any atom is 0.327 e. The molecule has 0 aromatic carbocycles. The number of carboxylic acids is 3. The van der Waals surface area contributed by atoms with Crippen LogP contribution in [0.4, 0.5) is 0 Å². The largest absolute Gasteiger partial charge is 0.481 e. The van der Waals surface area contributed by atoms with Gasteiger partial charge < -0.3 is 68.7 Å². The van der Waals surface area contributed by atoms with Crippen LogP contribution >= 0.6 is 25.3 Å². The van der Waals surface area contributed by atoms with Crippen molar-refractivity contribution in [2.45, 2.75) is 100 Å². The molecule has 1 aliphatic rings. The lowest BCUT2D eigenvalue weighted by Crippen LogP contribution is -2.60. The minimum absolute atomic E-state index is 0.0198. The molecule has 0 aromatic rings. The zero-order chi connectivity index (χ0) is 43.6. The summed E-state index contributed by atoms with van der Waals surface area (Å²) in [6, 6.07) is -10.5. The molecule has 8 atom stereocenters. The number of carbonyl (C=O) groups excluding carboxylic acids is 8. The molecular formula is C31H49N9O15S2. The molecule has 0 bridgehead atoms. The number of nitrogens with two attached hydrogens (primary N) is 2. The predicted octanol–water partition coefficient (Wildman–Crippen LogP) is -6.23. The number of carbonyl (C=O) groups is 11. The Labute approximate surface area is 336 Å². The summed E-state index contributed by atoms with van der Waals surface area (Å²) in [4.78, 5) is 138. The molecule has 0 unspecified atom stereocenters. The van der Waals surface area contributed by atoms with Crippen LogP contribution in [0.1, 0.15) is 51.9 Å². The van der Waals surface area contributed by atoms with Crippen LogP contribution in [-0.2, 0) is 52.7 Å². The number of aliphatic hydroxyl groups is 1. The van der Waals surface area contributed by atoms with Crippen LogP contribution in [0.5, 0.6) is 0 Å². The first-order valence-corrected chi connectivity index (χ1v) is 18.6. The van der Waals surface area contributed by atoms with E-state index in [2.05, 4.69) is 57.2 Å². The molecule has 1 aliphatic heterocycles. The molecule has 1 rings (SSSR count). The fourth-order valence-electron chi connectivity index (χ4n) is 5.25. The molecule has 0 radical (unpaired) electrons. The summed E-state index contributed by atoms with van der Waals surface area (Å²) in [5, 5.41) is 51.0. The summed E-state index contributed by atoms with van der Waals surface area (Å²) in [5.41, 5.74) is 10.9. The smallest absolute Gasteiger partial charge is 0.327 e. The van der Waals surface area contributed by atoms with Gasteiger partial charge in [0.1, 0.15) is 36.3 Å². The third-order valence-corrected chi connectivity index (χ3v) is 9.01. The summed E-state index contributed by atoms with van der Waals surface area (Å²) < 4.78 is 0. The highest BCUT2D eigenvalue weighted by molar-refractivity contribution is 7.80. The van der Waals surface area contributed by atoms with E-state index in [1.165, 1.54) is 0 Å². The van der Waals surface area contributed by atoms with Crippen LogP contribution < -0.4 is 43.4 Å². The second kappa shape index (κ2) is 24.4. The van der Waals surface area contributed by atoms with Crippen LogP contribution in [0.25, 0.3) is 0 Å². The first-order valence-electron chi connectivity index (χ1n) is 17.3. The second-order valence-electron chi connectivity index (χ2n) is 12.8. The number of carboxylic acid groups (broad SMARTS) is 3. The molecule has 0 saturated carbocycles. The molecule has 1 fully saturated rings. The van der Waals surface area contributed by atoms with Gasteiger partial charge in [-0.05, 0) is 32.6 Å². The van der Waals surface area contributed by atoms with Crippen LogP contribution in [0.2, 0.25) is 0 Å². The van der Waals surface area contributed by atoms with Crippen LogP contribution in [0, 0.1) is 0 Å². The van der Waals surface area contributed by atoms with E-state index in [1.54, 1.807) is 0 Å². The number of primary amides is 1. The van der Waals surface area contributed by atoms with E-state index < -0.39 is 152 Å². The standard InChI is InChI=1S/C31H49N9O15S2/c1-13(41)24(29(52)34-10-21(43)35-15(4-6-22(44)45)26(49)38-18(12-57)31(54)55)39-27(50)16(5-7-23(46)47)36-28(51)19-3-2-8-40(19)30(53)17(9-20(33)42)37-25(48)14(32)11-56/h13-19,24,41,56-57H,2-12,32H2,1H3,(H2,33,42)(H,34,52)(H,35,43)(H,36,51)(H,37,48)(H,38,49)(H,39,50)(H,44,45)(H,46,47)(H,54,55)/t13-,14+,15+,16+,17+,18+,19+,24+/m1/s1. The molecule has 0 aromatic heterocycles. The van der Waals surface area contributed by atoms with Gasteiger partial charge in [0.25, 0.3) is 0 Å². The number of thiol groups is 2. The monoisotopic (exact) mass is 851 g/mol. The highest BCUT2D eigenvalue weighted by Crippen LogP contribution is 2.20. The highest BCUT2D eigenvalue weighted by Gasteiger charge is 2.40. The van der Waals surface area contributed by atoms with Crippen molar-refractivity contribution in [2.24, 2.45) is 11.5 Å². The summed E-state index contributed by atoms with van der Waals surface area (Å²) >= 11 is 7.74. The van der Waals surface area contributed by atoms with Gasteiger partial charge >= 0.3 is 17.9 Å². The number of hydrogen-bond acceptors (Lipinski definition) is 15. The zero-order valence-corrected chi connectivity index (χ0v) is 32.5. The first-order chi connectivity index (χ1) is 26.6. The third kappa shape index (κ3) is 17.2. The highest BCUT2D eigenvalue weighted by atomic mass is 32.1. The minimum Gasteiger partial charge on any atom is -0.481 e. The van der Waals surface area contributed by atoms with Gasteiger partial charge in [-0.3, -0.25) is 47.9 Å². The van der Waals surface area contributed by atoms with E-state index in [0.717, 1.165) is 11.8 Å². The van der Waals surface area contributed by atoms with Crippen molar-refractivity contribution in [1.82, 2.24) is 36.8 Å². The van der Waals surface area contributed by atoms with Gasteiger partial charge in [-0.25, -0.2) is 4.79 Å². The molecule has 57 heavy (non-hydrogen) atoms. The zero-order valence-electron chi connectivity index (χ0n) is 30.7. The van der Waals surface area contributed by atoms with Crippen molar-refractivity contribution in [1.29, 1.82) is 0 Å². The van der Waals surface area contributed by atoms with E-state index in [1.807, 2.05) is 0 Å². The normalized spacial score (nSPS) is 17.2. The van der Waals surface area contributed by atoms with Crippen molar-refractivity contribution < 1.29 is 73.2 Å². The second-order valence-corrected chi connectivity index (χ2v) is 13.5. The van der Waals surface area contributed by atoms with Gasteiger partial charge in [0, 0.05) is 30.9 Å². The molecule has 14 N–H and O–H groups in total. The van der Waals surface area contributed by atoms with Crippen molar-refractivity contribution >= 4 is 90.4 Å². The van der Waals surface area contributed by atoms with Crippen LogP contribution in [0.3, 0.4) is 0 Å². The molecule has 0 spiro atoms. The van der Waals surface area contributed by atoms with E-state index >= 15 is 0 Å². The fraction of sp³-hybridized carbons (Fsp3) is 0.645. The van der Waals surface area contributed by atoms with Crippen molar-refractivity contribution in [3.63, 3.8) is 0 Å². The first kappa shape index (κ1) is 49.8. The quantitative estimate of drug-likeness (QED) is 0.0380. The van der Waals surface area contributed by atoms with E-state index in [4.69, 9.17) is 16.6 Å². The molecule has 1 heterocycles. The Morgan fingerprint density at radius 3 is 1.77 bits per heavy atom. The topological polar surface area (TPSA) is 396 Å². The van der Waals surface area contributed by atoms with Crippen molar-refractivity contribution in [3.8, 4) is 0 Å². The van der Waals surface area contributed by atoms with E-state index in [0.29, 0.717) is 0 Å². The van der Waals surface area contributed by atoms with Gasteiger partial charge in [0.05, 0.1) is 25.1 Å². The molecular weight excluding hydrogens is 803 g/mol. The fourth-order valence-corrected chi connectivity index (χ4v) is 5.66. The Hall–Kier alpha value is -5.21. The Kier molecular flexibility index (Phi) is 21.3. The Morgan fingerprint density at radius 1 is 0.737 bits per heavy atom. The number of amides is 8. The summed E-state index contributed by atoms with van der Waals surface area (Å²) in [7, 11) is 0. The Bertz CT molecular complexity index is 1540. The van der Waals surface area contributed by atoms with Crippen molar-refractivity contribution in [2.75, 3.05) is 24.6 Å². The van der Waals surface area contributed by atoms with Crippen molar-refractivity contribution in [3.05, 3.63) is 0 Å². The average Bonchev–Trinajstić information content (AvgIpc) is 3.63. The molecule has 0 aliphatic carbocycles. The minimum atomic E-state index is -1.82. The third-order valence-electron chi connectivity index (χ3n) is 8.25. The number of aliphatic carboxylic acids is 3. The number of rotatable bonds is 25. The number of hydrogen-bond donors (Lipinski definition) is 14. The Morgan fingerprint density at radius 2 is 1.28 bits per heavy atom. The average molecular weight is 852 g/mol. The number of nitrogens with zero attached hydrogens (tertiary/aromatic N) is 1. The lowest BCUT2D eigenvalue weighted by Gasteiger charge is -2.30. The summed E-state index contributed by atoms with van der Waals surface area (Å²) in [6.07, 6.45) is -4.29. The molecule has 320 valence electrons. The molecule has 1 saturated heterocycles. The lowest BCUT2D eigenvalue weighted by atomic mass is 10.1. The number of likely N-dealkylation sites (tertiary alicyclic amines) is 1. The predicted molar refractivity (Wildman–Crippen MR) is 200 cm³/mol. The maximum atomic E-state index is 13.5. The van der Waals surface area contributed by atoms with Gasteiger partial charge in [0.15, 0.2) is 0 Å². The molecule has 8 amide bonds. The molecule has 26 heteroatoms.